The Morgan fingerprint density at radius 1 is 1.24 bits per heavy atom. The highest BCUT2D eigenvalue weighted by Gasteiger charge is 2.29. The number of carbonyl (C=O) groups excluding carboxylic acids is 1. The van der Waals surface area contributed by atoms with Gasteiger partial charge >= 0.3 is 5.97 Å². The number of nitrogens with zero attached hydrogens (tertiary/aromatic N) is 2. The van der Waals surface area contributed by atoms with E-state index in [1.807, 2.05) is 18.2 Å². The van der Waals surface area contributed by atoms with E-state index in [2.05, 4.69) is 4.98 Å². The number of hydrogen-bond donors (Lipinski definition) is 3. The predicted molar refractivity (Wildman–Crippen MR) is 137 cm³/mol. The van der Waals surface area contributed by atoms with E-state index in [0.29, 0.717) is 53.3 Å². The molecule has 0 saturated carbocycles. The summed E-state index contributed by atoms with van der Waals surface area (Å²) in [7, 11) is 1.56. The molecular formula is C28H29FN4O4. The number of aromatic nitrogens is 1. The monoisotopic (exact) mass is 504 g/mol. The van der Waals surface area contributed by atoms with E-state index < -0.39 is 11.8 Å². The molecule has 0 aliphatic carbocycles. The Bertz CT molecular complexity index is 1340. The zero-order valence-corrected chi connectivity index (χ0v) is 20.6. The highest BCUT2D eigenvalue weighted by atomic mass is 19.1. The Morgan fingerprint density at radius 3 is 2.59 bits per heavy atom. The van der Waals surface area contributed by atoms with Crippen LogP contribution in [-0.4, -0.2) is 53.1 Å². The lowest BCUT2D eigenvalue weighted by molar-refractivity contribution is -0.137. The van der Waals surface area contributed by atoms with E-state index in [0.717, 1.165) is 18.4 Å². The Hall–Kier alpha value is -4.16. The molecule has 0 unspecified atom stereocenters. The molecule has 4 rings (SSSR count). The number of carboxylic acids is 1. The van der Waals surface area contributed by atoms with Crippen molar-refractivity contribution in [1.82, 2.24) is 9.88 Å². The summed E-state index contributed by atoms with van der Waals surface area (Å²) in [6.07, 6.45) is 2.14. The fraction of sp³-hybridized carbons (Fsp3) is 0.321. The number of methoxy groups -OCH3 is 1. The number of H-pyrrole nitrogens is 1. The second-order valence-electron chi connectivity index (χ2n) is 9.16. The highest BCUT2D eigenvalue weighted by Crippen LogP contribution is 2.39. The summed E-state index contributed by atoms with van der Waals surface area (Å²) in [5.41, 5.74) is 9.42. The lowest BCUT2D eigenvalue weighted by atomic mass is 9.93. The Morgan fingerprint density at radius 2 is 1.97 bits per heavy atom. The maximum absolute atomic E-state index is 14.7. The number of piperidine rings is 1. The van der Waals surface area contributed by atoms with E-state index in [4.69, 9.17) is 10.5 Å². The average molecular weight is 505 g/mol. The van der Waals surface area contributed by atoms with Crippen molar-refractivity contribution >= 4 is 11.9 Å². The molecule has 0 radical (unpaired) electrons. The summed E-state index contributed by atoms with van der Waals surface area (Å²) in [6, 6.07) is 13.3. The smallest absolute Gasteiger partial charge is 0.303 e. The molecule has 1 fully saturated rings. The van der Waals surface area contributed by atoms with Gasteiger partial charge in [0.05, 0.1) is 18.4 Å². The molecule has 4 N–H and O–H groups in total. The van der Waals surface area contributed by atoms with Gasteiger partial charge in [0.2, 0.25) is 0 Å². The SMILES string of the molecule is COc1ccc(-c2[nH]c(C(=O)N3CCC[C@@H](N)C3)c(CCCC(=O)O)c2-c2ccc(C#N)c(F)c2)cc1. The van der Waals surface area contributed by atoms with Gasteiger partial charge in [-0.15, -0.1) is 0 Å². The summed E-state index contributed by atoms with van der Waals surface area (Å²) in [4.78, 5) is 30.0. The van der Waals surface area contributed by atoms with Crippen molar-refractivity contribution < 1.29 is 23.8 Å². The molecule has 192 valence electrons. The fourth-order valence-electron chi connectivity index (χ4n) is 4.79. The lowest BCUT2D eigenvalue weighted by Gasteiger charge is -2.30. The predicted octanol–water partition coefficient (Wildman–Crippen LogP) is 4.34. The van der Waals surface area contributed by atoms with E-state index in [-0.39, 0.29) is 30.4 Å². The van der Waals surface area contributed by atoms with Crippen molar-refractivity contribution in [2.75, 3.05) is 20.2 Å². The van der Waals surface area contributed by atoms with Crippen LogP contribution in [0.1, 0.15) is 47.3 Å². The zero-order valence-electron chi connectivity index (χ0n) is 20.6. The standard InChI is InChI=1S/C28H29FN4O4/c1-37-21-11-9-17(10-12-21)26-25(18-7-8-19(15-30)23(29)14-18)22(5-2-6-24(34)35)27(32-26)28(36)33-13-3-4-20(31)16-33/h7-12,14,20,32H,2-6,13,16,31H2,1H3,(H,34,35)/t20-/m1/s1. The minimum Gasteiger partial charge on any atom is -0.497 e. The van der Waals surface area contributed by atoms with Gasteiger partial charge in [-0.25, -0.2) is 4.39 Å². The summed E-state index contributed by atoms with van der Waals surface area (Å²) in [6.45, 7) is 0.990. The second kappa shape index (κ2) is 11.3. The van der Waals surface area contributed by atoms with Crippen molar-refractivity contribution in [1.29, 1.82) is 5.26 Å². The molecular weight excluding hydrogens is 475 g/mol. The van der Waals surface area contributed by atoms with Gasteiger partial charge in [-0.2, -0.15) is 5.26 Å². The maximum atomic E-state index is 14.7. The number of likely N-dealkylation sites (tertiary alicyclic amines) is 1. The molecule has 1 amide bonds. The number of nitriles is 1. The van der Waals surface area contributed by atoms with Crippen LogP contribution in [0, 0.1) is 17.1 Å². The lowest BCUT2D eigenvalue weighted by Crippen LogP contribution is -2.46. The largest absolute Gasteiger partial charge is 0.497 e. The van der Waals surface area contributed by atoms with Crippen molar-refractivity contribution in [3.8, 4) is 34.2 Å². The number of aromatic amines is 1. The van der Waals surface area contributed by atoms with E-state index in [1.54, 1.807) is 30.2 Å². The van der Waals surface area contributed by atoms with Crippen molar-refractivity contribution in [2.24, 2.45) is 5.73 Å². The number of ether oxygens (including phenoxy) is 1. The van der Waals surface area contributed by atoms with Crippen LogP contribution in [0.5, 0.6) is 5.75 Å². The van der Waals surface area contributed by atoms with Gasteiger partial charge in [0.1, 0.15) is 23.3 Å². The minimum atomic E-state index is -0.938. The van der Waals surface area contributed by atoms with Gasteiger partial charge in [0.25, 0.3) is 5.91 Å². The average Bonchev–Trinajstić information content (AvgIpc) is 3.27. The van der Waals surface area contributed by atoms with Crippen LogP contribution in [0.25, 0.3) is 22.4 Å². The summed E-state index contributed by atoms with van der Waals surface area (Å²) in [5.74, 6) is -1.18. The molecule has 2 heterocycles. The van der Waals surface area contributed by atoms with Gasteiger partial charge in [0, 0.05) is 31.1 Å². The van der Waals surface area contributed by atoms with Gasteiger partial charge in [-0.05, 0) is 78.8 Å². The van der Waals surface area contributed by atoms with Gasteiger partial charge in [-0.1, -0.05) is 6.07 Å². The number of rotatable bonds is 8. The molecule has 2 aromatic carbocycles. The molecule has 1 saturated heterocycles. The molecule has 1 atom stereocenters. The third-order valence-corrected chi connectivity index (χ3v) is 6.64. The molecule has 0 bridgehead atoms. The van der Waals surface area contributed by atoms with Crippen LogP contribution in [0.3, 0.4) is 0 Å². The molecule has 1 aliphatic rings. The number of carbonyl (C=O) groups is 2. The molecule has 1 aliphatic heterocycles. The minimum absolute atomic E-state index is 0.0769. The first-order chi connectivity index (χ1) is 17.8. The molecule has 0 spiro atoms. The van der Waals surface area contributed by atoms with Gasteiger partial charge < -0.3 is 25.5 Å². The number of carboxylic acid groups (broad SMARTS) is 1. The number of halogens is 1. The van der Waals surface area contributed by atoms with Gasteiger partial charge in [0.15, 0.2) is 0 Å². The van der Waals surface area contributed by atoms with Crippen molar-refractivity contribution in [3.05, 3.63) is 65.1 Å². The van der Waals surface area contributed by atoms with E-state index in [9.17, 15) is 24.3 Å². The first-order valence-electron chi connectivity index (χ1n) is 12.2. The summed E-state index contributed by atoms with van der Waals surface area (Å²) >= 11 is 0. The Balaban J connectivity index is 1.91. The third-order valence-electron chi connectivity index (χ3n) is 6.64. The van der Waals surface area contributed by atoms with Crippen molar-refractivity contribution in [3.63, 3.8) is 0 Å². The number of hydrogen-bond acceptors (Lipinski definition) is 5. The molecule has 8 nitrogen and oxygen atoms in total. The number of benzene rings is 2. The van der Waals surface area contributed by atoms with Crippen LogP contribution in [0.4, 0.5) is 4.39 Å². The quantitative estimate of drug-likeness (QED) is 0.418. The molecule has 37 heavy (non-hydrogen) atoms. The number of nitrogens with one attached hydrogen (secondary N) is 1. The number of nitrogens with two attached hydrogens (primary N) is 1. The van der Waals surface area contributed by atoms with Crippen LogP contribution >= 0.6 is 0 Å². The number of aliphatic carboxylic acids is 1. The summed E-state index contributed by atoms with van der Waals surface area (Å²) < 4.78 is 20.0. The maximum Gasteiger partial charge on any atom is 0.303 e. The molecule has 1 aromatic heterocycles. The molecule has 3 aromatic rings. The third kappa shape index (κ3) is 5.65. The number of amides is 1. The van der Waals surface area contributed by atoms with Crippen molar-refractivity contribution in [2.45, 2.75) is 38.1 Å². The Kier molecular flexibility index (Phi) is 7.89. The topological polar surface area (TPSA) is 132 Å². The molecule has 9 heteroatoms. The summed E-state index contributed by atoms with van der Waals surface area (Å²) in [5, 5.41) is 18.4. The van der Waals surface area contributed by atoms with Crippen LogP contribution < -0.4 is 10.5 Å². The van der Waals surface area contributed by atoms with Crippen LogP contribution in [0.2, 0.25) is 0 Å². The van der Waals surface area contributed by atoms with Crippen LogP contribution in [0.15, 0.2) is 42.5 Å². The highest BCUT2D eigenvalue weighted by molar-refractivity contribution is 6.00. The van der Waals surface area contributed by atoms with E-state index >= 15 is 0 Å². The van der Waals surface area contributed by atoms with Gasteiger partial charge in [-0.3, -0.25) is 9.59 Å². The first kappa shape index (κ1) is 25.9. The van der Waals surface area contributed by atoms with E-state index in [1.165, 1.54) is 12.1 Å². The normalized spacial score (nSPS) is 15.3. The Labute approximate surface area is 214 Å². The first-order valence-corrected chi connectivity index (χ1v) is 12.2. The second-order valence-corrected chi connectivity index (χ2v) is 9.16. The fourth-order valence-corrected chi connectivity index (χ4v) is 4.79. The zero-order chi connectivity index (χ0) is 26.5. The van der Waals surface area contributed by atoms with Crippen LogP contribution in [-0.2, 0) is 11.2 Å².